The van der Waals surface area contributed by atoms with E-state index in [0.29, 0.717) is 13.2 Å². The maximum absolute atomic E-state index is 5.96. The van der Waals surface area contributed by atoms with E-state index in [9.17, 15) is 0 Å². The molecular weight excluding hydrogens is 204 g/mol. The molecule has 1 saturated carbocycles. The summed E-state index contributed by atoms with van der Waals surface area (Å²) in [5.41, 5.74) is 0. The van der Waals surface area contributed by atoms with E-state index in [1.165, 1.54) is 19.3 Å². The molecule has 2 aliphatic rings. The molecule has 1 spiro atoms. The lowest BCUT2D eigenvalue weighted by atomic mass is 9.94. The Balaban J connectivity index is 1.78. The van der Waals surface area contributed by atoms with E-state index in [1.54, 1.807) is 12.3 Å². The lowest BCUT2D eigenvalue weighted by molar-refractivity contribution is -0.183. The first-order valence-electron chi connectivity index (χ1n) is 6.06. The lowest BCUT2D eigenvalue weighted by Gasteiger charge is -2.31. The van der Waals surface area contributed by atoms with Gasteiger partial charge in [0.05, 0.1) is 12.9 Å². The van der Waals surface area contributed by atoms with Gasteiger partial charge in [-0.3, -0.25) is 0 Å². The number of rotatable bonds is 4. The Kier molecular flexibility index (Phi) is 4.02. The largest absolute Gasteiger partial charge is 0.497 e. The molecule has 1 atom stereocenters. The van der Waals surface area contributed by atoms with Crippen LogP contribution in [0.4, 0.5) is 0 Å². The molecule has 2 rings (SSSR count). The summed E-state index contributed by atoms with van der Waals surface area (Å²) in [6.45, 7) is 4.77. The molecule has 0 aromatic heterocycles. The van der Waals surface area contributed by atoms with Gasteiger partial charge in [-0.25, -0.2) is 0 Å². The molecule has 1 saturated heterocycles. The second-order valence-electron chi connectivity index (χ2n) is 4.39. The average molecular weight is 224 g/mol. The first kappa shape index (κ1) is 11.7. The highest BCUT2D eigenvalue weighted by molar-refractivity contribution is 4.92. The molecule has 0 unspecified atom stereocenters. The molecule has 0 amide bonds. The fourth-order valence-corrected chi connectivity index (χ4v) is 2.29. The molecule has 1 heterocycles. The van der Waals surface area contributed by atoms with E-state index < -0.39 is 0 Å². The van der Waals surface area contributed by atoms with Gasteiger partial charge in [0, 0.05) is 12.8 Å². The van der Waals surface area contributed by atoms with E-state index in [0.717, 1.165) is 12.8 Å². The lowest BCUT2D eigenvalue weighted by Crippen LogP contribution is -2.33. The van der Waals surface area contributed by atoms with Crippen LogP contribution in [0.1, 0.15) is 32.1 Å². The summed E-state index contributed by atoms with van der Waals surface area (Å²) in [4.78, 5) is 0. The molecule has 0 radical (unpaired) electrons. The van der Waals surface area contributed by atoms with Gasteiger partial charge in [-0.05, 0) is 18.9 Å². The van der Waals surface area contributed by atoms with Crippen LogP contribution in [0.25, 0.3) is 0 Å². The predicted octanol–water partition coefficient (Wildman–Crippen LogP) is 2.78. The van der Waals surface area contributed by atoms with E-state index in [1.807, 2.05) is 6.08 Å². The smallest absolute Gasteiger partial charge is 0.169 e. The van der Waals surface area contributed by atoms with Crippen molar-refractivity contribution in [3.8, 4) is 0 Å². The highest BCUT2D eigenvalue weighted by Crippen LogP contribution is 2.37. The van der Waals surface area contributed by atoms with Gasteiger partial charge in [0.25, 0.3) is 0 Å². The van der Waals surface area contributed by atoms with Crippen LogP contribution in [0.15, 0.2) is 25.0 Å². The average Bonchev–Trinajstić information content (AvgIpc) is 2.69. The Morgan fingerprint density at radius 3 is 2.88 bits per heavy atom. The van der Waals surface area contributed by atoms with Crippen LogP contribution in [0.3, 0.4) is 0 Å². The van der Waals surface area contributed by atoms with Gasteiger partial charge in [-0.15, -0.1) is 0 Å². The molecular formula is C13H20O3. The minimum absolute atomic E-state index is 0.0444. The zero-order chi connectivity index (χ0) is 11.3. The Morgan fingerprint density at radius 1 is 1.31 bits per heavy atom. The number of hydrogen-bond acceptors (Lipinski definition) is 3. The Labute approximate surface area is 97.1 Å². The molecule has 0 aromatic rings. The summed E-state index contributed by atoms with van der Waals surface area (Å²) in [5.74, 6) is -0.286. The van der Waals surface area contributed by atoms with E-state index >= 15 is 0 Å². The van der Waals surface area contributed by atoms with Gasteiger partial charge in [0.1, 0.15) is 12.7 Å². The van der Waals surface area contributed by atoms with Crippen molar-refractivity contribution in [1.82, 2.24) is 0 Å². The minimum Gasteiger partial charge on any atom is -0.497 e. The summed E-state index contributed by atoms with van der Waals surface area (Å²) in [5, 5.41) is 0. The molecule has 0 aromatic carbocycles. The molecule has 3 nitrogen and oxygen atoms in total. The van der Waals surface area contributed by atoms with Gasteiger partial charge in [-0.2, -0.15) is 0 Å². The van der Waals surface area contributed by atoms with Crippen LogP contribution >= 0.6 is 0 Å². The second-order valence-corrected chi connectivity index (χ2v) is 4.39. The Bertz CT molecular complexity index is 254. The molecule has 1 aliphatic heterocycles. The molecule has 3 heteroatoms. The summed E-state index contributed by atoms with van der Waals surface area (Å²) in [6, 6.07) is 0. The van der Waals surface area contributed by atoms with Gasteiger partial charge in [0.2, 0.25) is 0 Å². The van der Waals surface area contributed by atoms with Crippen LogP contribution in [0, 0.1) is 0 Å². The second kappa shape index (κ2) is 5.51. The summed E-state index contributed by atoms with van der Waals surface area (Å²) in [7, 11) is 0. The fourth-order valence-electron chi connectivity index (χ4n) is 2.29. The van der Waals surface area contributed by atoms with Gasteiger partial charge in [0.15, 0.2) is 5.79 Å². The minimum atomic E-state index is -0.286. The first-order chi connectivity index (χ1) is 7.85. The van der Waals surface area contributed by atoms with Crippen LogP contribution in [-0.4, -0.2) is 25.1 Å². The maximum Gasteiger partial charge on any atom is 0.169 e. The van der Waals surface area contributed by atoms with E-state index in [2.05, 4.69) is 6.58 Å². The molecule has 0 bridgehead atoms. The third-order valence-corrected chi connectivity index (χ3v) is 3.10. The standard InChI is InChI=1S/C13H20O3/c1-2-9-14-10-6-12-11-15-13(16-12)7-4-3-5-8-13/h2,6,10,12H,1,3-5,7-9,11H2/b10-6+/t12-/m0/s1. The monoisotopic (exact) mass is 224 g/mol. The third-order valence-electron chi connectivity index (χ3n) is 3.10. The maximum atomic E-state index is 5.96. The molecule has 2 fully saturated rings. The highest BCUT2D eigenvalue weighted by atomic mass is 16.7. The van der Waals surface area contributed by atoms with Crippen LogP contribution in [-0.2, 0) is 14.2 Å². The van der Waals surface area contributed by atoms with Crippen molar-refractivity contribution in [2.75, 3.05) is 13.2 Å². The molecule has 1 aliphatic carbocycles. The van der Waals surface area contributed by atoms with Crippen molar-refractivity contribution < 1.29 is 14.2 Å². The van der Waals surface area contributed by atoms with Crippen molar-refractivity contribution in [3.05, 3.63) is 25.0 Å². The van der Waals surface area contributed by atoms with Gasteiger partial charge >= 0.3 is 0 Å². The van der Waals surface area contributed by atoms with Gasteiger partial charge in [-0.1, -0.05) is 19.1 Å². The molecule has 90 valence electrons. The zero-order valence-electron chi connectivity index (χ0n) is 9.69. The van der Waals surface area contributed by atoms with Crippen LogP contribution in [0.5, 0.6) is 0 Å². The normalized spacial score (nSPS) is 28.6. The third kappa shape index (κ3) is 2.86. The number of ether oxygens (including phenoxy) is 3. The van der Waals surface area contributed by atoms with Crippen LogP contribution < -0.4 is 0 Å². The Hall–Kier alpha value is -0.800. The van der Waals surface area contributed by atoms with E-state index in [4.69, 9.17) is 14.2 Å². The zero-order valence-corrected chi connectivity index (χ0v) is 9.69. The molecule has 0 N–H and O–H groups in total. The SMILES string of the molecule is C=CCO/C=C/[C@H]1COC2(CCCCC2)O1. The fraction of sp³-hybridized carbons (Fsp3) is 0.692. The highest BCUT2D eigenvalue weighted by Gasteiger charge is 2.41. The van der Waals surface area contributed by atoms with E-state index in [-0.39, 0.29) is 11.9 Å². The molecule has 16 heavy (non-hydrogen) atoms. The van der Waals surface area contributed by atoms with Crippen molar-refractivity contribution in [2.45, 2.75) is 44.0 Å². The van der Waals surface area contributed by atoms with Crippen molar-refractivity contribution in [1.29, 1.82) is 0 Å². The summed E-state index contributed by atoms with van der Waals surface area (Å²) in [6.07, 6.45) is 11.2. The Morgan fingerprint density at radius 2 is 2.12 bits per heavy atom. The van der Waals surface area contributed by atoms with Gasteiger partial charge < -0.3 is 14.2 Å². The summed E-state index contributed by atoms with van der Waals surface area (Å²) < 4.78 is 16.9. The number of hydrogen-bond donors (Lipinski definition) is 0. The summed E-state index contributed by atoms with van der Waals surface area (Å²) >= 11 is 0. The first-order valence-corrected chi connectivity index (χ1v) is 6.06. The van der Waals surface area contributed by atoms with Crippen molar-refractivity contribution in [3.63, 3.8) is 0 Å². The van der Waals surface area contributed by atoms with Crippen molar-refractivity contribution >= 4 is 0 Å². The van der Waals surface area contributed by atoms with Crippen molar-refractivity contribution in [2.24, 2.45) is 0 Å². The quantitative estimate of drug-likeness (QED) is 0.417. The van der Waals surface area contributed by atoms with Crippen LogP contribution in [0.2, 0.25) is 0 Å². The predicted molar refractivity (Wildman–Crippen MR) is 61.9 cm³/mol. The topological polar surface area (TPSA) is 27.7 Å².